The quantitative estimate of drug-likeness (QED) is 0.852. The van der Waals surface area contributed by atoms with Gasteiger partial charge in [0.15, 0.2) is 0 Å². The molecule has 17 heavy (non-hydrogen) atoms. The number of piperazine rings is 1. The standard InChI is InChI=1S/C12H18N2OS.ClH/c1-8-6-16-7-11(8)12(15)14-4-9(2)13-10(3)5-14;/h6-7,9-10,13H,4-5H2,1-3H3;1H. The molecule has 2 rings (SSSR count). The Morgan fingerprint density at radius 3 is 2.41 bits per heavy atom. The number of rotatable bonds is 1. The maximum atomic E-state index is 12.3. The number of hydrogen-bond acceptors (Lipinski definition) is 3. The van der Waals surface area contributed by atoms with Gasteiger partial charge in [-0.05, 0) is 31.7 Å². The largest absolute Gasteiger partial charge is 0.336 e. The number of hydrogen-bond donors (Lipinski definition) is 1. The second-order valence-corrected chi connectivity index (χ2v) is 5.39. The number of halogens is 1. The van der Waals surface area contributed by atoms with Crippen LogP contribution in [0.5, 0.6) is 0 Å². The summed E-state index contributed by atoms with van der Waals surface area (Å²) < 4.78 is 0. The summed E-state index contributed by atoms with van der Waals surface area (Å²) in [4.78, 5) is 14.2. The third-order valence-corrected chi connectivity index (χ3v) is 3.79. The van der Waals surface area contributed by atoms with Gasteiger partial charge >= 0.3 is 0 Å². The van der Waals surface area contributed by atoms with E-state index in [0.29, 0.717) is 12.1 Å². The van der Waals surface area contributed by atoms with E-state index in [9.17, 15) is 4.79 Å². The van der Waals surface area contributed by atoms with E-state index >= 15 is 0 Å². The van der Waals surface area contributed by atoms with Crippen LogP contribution in [0.3, 0.4) is 0 Å². The van der Waals surface area contributed by atoms with Gasteiger partial charge in [-0.2, -0.15) is 11.3 Å². The van der Waals surface area contributed by atoms with Gasteiger partial charge in [-0.1, -0.05) is 0 Å². The fraction of sp³-hybridized carbons (Fsp3) is 0.583. The lowest BCUT2D eigenvalue weighted by Gasteiger charge is -2.36. The van der Waals surface area contributed by atoms with E-state index < -0.39 is 0 Å². The molecular weight excluding hydrogens is 256 g/mol. The summed E-state index contributed by atoms with van der Waals surface area (Å²) >= 11 is 1.60. The summed E-state index contributed by atoms with van der Waals surface area (Å²) in [5.74, 6) is 0.180. The molecule has 1 aliphatic heterocycles. The average molecular weight is 275 g/mol. The molecule has 1 aromatic rings. The Morgan fingerprint density at radius 2 is 1.94 bits per heavy atom. The lowest BCUT2D eigenvalue weighted by molar-refractivity contribution is 0.0673. The maximum Gasteiger partial charge on any atom is 0.255 e. The zero-order valence-electron chi connectivity index (χ0n) is 10.4. The first-order chi connectivity index (χ1) is 7.58. The highest BCUT2D eigenvalue weighted by atomic mass is 35.5. The van der Waals surface area contributed by atoms with Crippen LogP contribution in [0.15, 0.2) is 10.8 Å². The van der Waals surface area contributed by atoms with Gasteiger partial charge in [-0.25, -0.2) is 0 Å². The summed E-state index contributed by atoms with van der Waals surface area (Å²) in [5, 5.41) is 7.42. The molecule has 1 N–H and O–H groups in total. The predicted molar refractivity (Wildman–Crippen MR) is 74.3 cm³/mol. The van der Waals surface area contributed by atoms with Gasteiger partial charge in [0.25, 0.3) is 5.91 Å². The van der Waals surface area contributed by atoms with Crippen LogP contribution < -0.4 is 5.32 Å². The fourth-order valence-corrected chi connectivity index (χ4v) is 3.06. The van der Waals surface area contributed by atoms with Crippen LogP contribution in [0.2, 0.25) is 0 Å². The van der Waals surface area contributed by atoms with Crippen LogP contribution in [0, 0.1) is 6.92 Å². The molecule has 96 valence electrons. The number of nitrogens with zero attached hydrogens (tertiary/aromatic N) is 1. The molecule has 0 aromatic carbocycles. The molecule has 1 aliphatic rings. The topological polar surface area (TPSA) is 32.3 Å². The first-order valence-electron chi connectivity index (χ1n) is 5.66. The van der Waals surface area contributed by atoms with Crippen molar-refractivity contribution in [2.45, 2.75) is 32.9 Å². The summed E-state index contributed by atoms with van der Waals surface area (Å²) in [7, 11) is 0. The van der Waals surface area contributed by atoms with Gasteiger partial charge < -0.3 is 10.2 Å². The molecule has 0 aliphatic carbocycles. The van der Waals surface area contributed by atoms with Crippen LogP contribution in [0.25, 0.3) is 0 Å². The van der Waals surface area contributed by atoms with E-state index in [1.165, 1.54) is 0 Å². The molecular formula is C12H19ClN2OS. The van der Waals surface area contributed by atoms with Crippen LogP contribution >= 0.6 is 23.7 Å². The second kappa shape index (κ2) is 5.85. The molecule has 1 amide bonds. The summed E-state index contributed by atoms with van der Waals surface area (Å²) in [5.41, 5.74) is 1.96. The SMILES string of the molecule is Cc1cscc1C(=O)N1CC(C)NC(C)C1.Cl. The molecule has 0 bridgehead atoms. The zero-order chi connectivity index (χ0) is 11.7. The van der Waals surface area contributed by atoms with Gasteiger partial charge in [0.1, 0.15) is 0 Å². The molecule has 5 heteroatoms. The van der Waals surface area contributed by atoms with Gasteiger partial charge in [0, 0.05) is 30.6 Å². The molecule has 3 nitrogen and oxygen atoms in total. The van der Waals surface area contributed by atoms with E-state index in [1.807, 2.05) is 22.6 Å². The van der Waals surface area contributed by atoms with Crippen molar-refractivity contribution < 1.29 is 4.79 Å². The van der Waals surface area contributed by atoms with Crippen molar-refractivity contribution in [3.05, 3.63) is 21.9 Å². The lowest BCUT2D eigenvalue weighted by Crippen LogP contribution is -2.55. The minimum Gasteiger partial charge on any atom is -0.336 e. The second-order valence-electron chi connectivity index (χ2n) is 4.65. The first kappa shape index (κ1) is 14.5. The Balaban J connectivity index is 0.00000144. The molecule has 0 radical (unpaired) electrons. The highest BCUT2D eigenvalue weighted by Gasteiger charge is 2.26. The predicted octanol–water partition coefficient (Wildman–Crippen LogP) is 2.30. The highest BCUT2D eigenvalue weighted by molar-refractivity contribution is 7.08. The minimum absolute atomic E-state index is 0. The van der Waals surface area contributed by atoms with E-state index in [-0.39, 0.29) is 18.3 Å². The number of nitrogens with one attached hydrogen (secondary N) is 1. The van der Waals surface area contributed by atoms with E-state index in [1.54, 1.807) is 11.3 Å². The third kappa shape index (κ3) is 3.21. The van der Waals surface area contributed by atoms with E-state index in [0.717, 1.165) is 24.2 Å². The summed E-state index contributed by atoms with van der Waals surface area (Å²) in [6, 6.07) is 0.762. The molecule has 1 saturated heterocycles. The normalized spacial score (nSPS) is 24.3. The van der Waals surface area contributed by atoms with Crippen molar-refractivity contribution in [3.8, 4) is 0 Å². The van der Waals surface area contributed by atoms with Crippen LogP contribution in [-0.2, 0) is 0 Å². The Morgan fingerprint density at radius 1 is 1.35 bits per heavy atom. The average Bonchev–Trinajstić information content (AvgIpc) is 2.62. The van der Waals surface area contributed by atoms with Crippen LogP contribution in [0.1, 0.15) is 29.8 Å². The van der Waals surface area contributed by atoms with Crippen molar-refractivity contribution in [1.82, 2.24) is 10.2 Å². The lowest BCUT2D eigenvalue weighted by atomic mass is 10.1. The Hall–Kier alpha value is -0.580. The van der Waals surface area contributed by atoms with E-state index in [2.05, 4.69) is 19.2 Å². The molecule has 0 spiro atoms. The number of amides is 1. The number of thiophene rings is 1. The Labute approximate surface area is 113 Å². The maximum absolute atomic E-state index is 12.3. The summed E-state index contributed by atoms with van der Waals surface area (Å²) in [6.45, 7) is 7.85. The van der Waals surface area contributed by atoms with Gasteiger partial charge in [0.05, 0.1) is 5.56 Å². The monoisotopic (exact) mass is 274 g/mol. The van der Waals surface area contributed by atoms with Crippen molar-refractivity contribution in [1.29, 1.82) is 0 Å². The van der Waals surface area contributed by atoms with Crippen molar-refractivity contribution in [2.24, 2.45) is 0 Å². The highest BCUT2D eigenvalue weighted by Crippen LogP contribution is 2.17. The third-order valence-electron chi connectivity index (χ3n) is 2.93. The fourth-order valence-electron chi connectivity index (χ4n) is 2.24. The zero-order valence-corrected chi connectivity index (χ0v) is 12.0. The van der Waals surface area contributed by atoms with Crippen molar-refractivity contribution >= 4 is 29.7 Å². The Bertz CT molecular complexity index is 384. The number of aryl methyl sites for hydroxylation is 1. The van der Waals surface area contributed by atoms with E-state index in [4.69, 9.17) is 0 Å². The number of carbonyl (C=O) groups excluding carboxylic acids is 1. The molecule has 1 fully saturated rings. The van der Waals surface area contributed by atoms with Gasteiger partial charge in [-0.15, -0.1) is 12.4 Å². The van der Waals surface area contributed by atoms with Crippen molar-refractivity contribution in [2.75, 3.05) is 13.1 Å². The van der Waals surface area contributed by atoms with Crippen molar-refractivity contribution in [3.63, 3.8) is 0 Å². The molecule has 2 heterocycles. The smallest absolute Gasteiger partial charge is 0.255 e. The molecule has 1 aromatic heterocycles. The van der Waals surface area contributed by atoms with Crippen LogP contribution in [-0.4, -0.2) is 36.0 Å². The Kier molecular flexibility index (Phi) is 4.98. The number of carbonyl (C=O) groups is 1. The molecule has 0 saturated carbocycles. The molecule has 2 unspecified atom stereocenters. The minimum atomic E-state index is 0. The van der Waals surface area contributed by atoms with Gasteiger partial charge in [0.2, 0.25) is 0 Å². The summed E-state index contributed by atoms with van der Waals surface area (Å²) in [6.07, 6.45) is 0. The molecule has 2 atom stereocenters. The van der Waals surface area contributed by atoms with Gasteiger partial charge in [-0.3, -0.25) is 4.79 Å². The first-order valence-corrected chi connectivity index (χ1v) is 6.60. The van der Waals surface area contributed by atoms with Crippen LogP contribution in [0.4, 0.5) is 0 Å².